The topological polar surface area (TPSA) is 93.3 Å². The lowest BCUT2D eigenvalue weighted by Crippen LogP contribution is -2.00. The van der Waals surface area contributed by atoms with Crippen LogP contribution in [0, 0.1) is 0 Å². The van der Waals surface area contributed by atoms with Crippen molar-refractivity contribution in [3.8, 4) is 0 Å². The number of rotatable bonds is 4. The molecule has 0 unspecified atom stereocenters. The van der Waals surface area contributed by atoms with Crippen molar-refractivity contribution in [1.82, 2.24) is 0 Å². The van der Waals surface area contributed by atoms with Gasteiger partial charge in [0.2, 0.25) is 0 Å². The van der Waals surface area contributed by atoms with E-state index in [1.54, 1.807) is 6.21 Å². The molecule has 5 aromatic carbocycles. The van der Waals surface area contributed by atoms with Gasteiger partial charge < -0.3 is 20.4 Å². The van der Waals surface area contributed by atoms with Crippen molar-refractivity contribution in [2.24, 2.45) is 4.99 Å². The molecular weight excluding hydrogens is 378 g/mol. The van der Waals surface area contributed by atoms with Crippen LogP contribution in [-0.4, -0.2) is 26.6 Å². The van der Waals surface area contributed by atoms with Gasteiger partial charge in [-0.3, -0.25) is 4.99 Å². The predicted molar refractivity (Wildman–Crippen MR) is 118 cm³/mol. The Morgan fingerprint density at radius 3 is 1.83 bits per heavy atom. The summed E-state index contributed by atoms with van der Waals surface area (Å²) in [6.07, 6.45) is -1.75. The van der Waals surface area contributed by atoms with Crippen LogP contribution >= 0.6 is 0 Å². The highest BCUT2D eigenvalue weighted by Crippen LogP contribution is 2.35. The summed E-state index contributed by atoms with van der Waals surface area (Å²) in [6, 6.07) is 23.1. The zero-order valence-electron chi connectivity index (χ0n) is 15.9. The predicted octanol–water partition coefficient (Wildman–Crippen LogP) is 4.30. The average molecular weight is 397 g/mol. The van der Waals surface area contributed by atoms with E-state index in [2.05, 4.69) is 53.5 Å². The summed E-state index contributed by atoms with van der Waals surface area (Å²) in [5.41, 5.74) is 1.60. The highest BCUT2D eigenvalue weighted by atomic mass is 16.5. The Morgan fingerprint density at radius 2 is 1.20 bits per heavy atom. The Kier molecular flexibility index (Phi) is 4.46. The van der Waals surface area contributed by atoms with Gasteiger partial charge in [-0.25, -0.2) is 0 Å². The van der Waals surface area contributed by atoms with Gasteiger partial charge in [0.05, 0.1) is 5.69 Å². The molecule has 0 aromatic heterocycles. The third-order valence-electron chi connectivity index (χ3n) is 5.47. The summed E-state index contributed by atoms with van der Waals surface area (Å²) in [6.45, 7) is 0. The second-order valence-corrected chi connectivity index (χ2v) is 7.37. The largest absolute Gasteiger partial charge is 0.364 e. The minimum atomic E-state index is -1.73. The number of hydrogen-bond acceptors (Lipinski definition) is 5. The van der Waals surface area contributed by atoms with Gasteiger partial charge in [0.15, 0.2) is 12.6 Å². The molecule has 0 aliphatic rings. The monoisotopic (exact) mass is 397 g/mol. The molecule has 0 atom stereocenters. The van der Waals surface area contributed by atoms with Gasteiger partial charge in [0.25, 0.3) is 0 Å². The van der Waals surface area contributed by atoms with Gasteiger partial charge in [0, 0.05) is 22.9 Å². The number of aliphatic hydroxyl groups is 4. The van der Waals surface area contributed by atoms with Crippen LogP contribution in [0.5, 0.6) is 0 Å². The molecule has 148 valence electrons. The molecule has 0 radical (unpaired) electrons. The summed E-state index contributed by atoms with van der Waals surface area (Å²) in [5, 5.41) is 44.9. The van der Waals surface area contributed by atoms with Gasteiger partial charge in [-0.1, -0.05) is 54.6 Å². The van der Waals surface area contributed by atoms with Crippen LogP contribution in [0.4, 0.5) is 5.69 Å². The fraction of sp³-hybridized carbons (Fsp3) is 0.0800. The molecule has 0 spiro atoms. The highest BCUT2D eigenvalue weighted by molar-refractivity contribution is 6.25. The van der Waals surface area contributed by atoms with E-state index in [1.165, 1.54) is 39.7 Å². The smallest absolute Gasteiger partial charge is 0.178 e. The Bertz CT molecular complexity index is 1360. The van der Waals surface area contributed by atoms with E-state index in [4.69, 9.17) is 0 Å². The van der Waals surface area contributed by atoms with E-state index in [0.717, 1.165) is 16.3 Å². The maximum atomic E-state index is 9.48. The van der Waals surface area contributed by atoms with Crippen molar-refractivity contribution in [2.45, 2.75) is 12.6 Å². The second kappa shape index (κ2) is 7.16. The molecule has 5 aromatic rings. The molecule has 0 heterocycles. The van der Waals surface area contributed by atoms with Crippen molar-refractivity contribution >= 4 is 44.2 Å². The van der Waals surface area contributed by atoms with Crippen LogP contribution in [-0.2, 0) is 0 Å². The third kappa shape index (κ3) is 3.10. The fourth-order valence-corrected chi connectivity index (χ4v) is 4.05. The van der Waals surface area contributed by atoms with Crippen LogP contribution in [0.3, 0.4) is 0 Å². The first kappa shape index (κ1) is 18.7. The maximum Gasteiger partial charge on any atom is 0.178 e. The number of aliphatic hydroxyl groups excluding tert-OH is 2. The van der Waals surface area contributed by atoms with Crippen molar-refractivity contribution in [3.63, 3.8) is 0 Å². The van der Waals surface area contributed by atoms with Crippen molar-refractivity contribution in [1.29, 1.82) is 0 Å². The van der Waals surface area contributed by atoms with Crippen LogP contribution in [0.2, 0.25) is 0 Å². The molecule has 0 saturated heterocycles. The van der Waals surface area contributed by atoms with Crippen molar-refractivity contribution in [3.05, 3.63) is 89.5 Å². The zero-order chi connectivity index (χ0) is 20.8. The van der Waals surface area contributed by atoms with E-state index >= 15 is 0 Å². The van der Waals surface area contributed by atoms with E-state index in [0.29, 0.717) is 5.69 Å². The second-order valence-electron chi connectivity index (χ2n) is 7.37. The number of hydrogen-bond donors (Lipinski definition) is 4. The van der Waals surface area contributed by atoms with Crippen LogP contribution in [0.1, 0.15) is 29.3 Å². The molecule has 0 aliphatic carbocycles. The molecule has 5 nitrogen and oxygen atoms in total. The number of nitrogens with zero attached hydrogens (tertiary/aromatic N) is 1. The summed E-state index contributed by atoms with van der Waals surface area (Å²) in [5.74, 6) is 0. The number of benzene rings is 5. The first-order valence-corrected chi connectivity index (χ1v) is 9.59. The lowest BCUT2D eigenvalue weighted by atomic mass is 9.92. The van der Waals surface area contributed by atoms with Crippen LogP contribution in [0.15, 0.2) is 77.8 Å². The molecule has 0 aliphatic heterocycles. The quantitative estimate of drug-likeness (QED) is 0.207. The van der Waals surface area contributed by atoms with Gasteiger partial charge in [-0.15, -0.1) is 0 Å². The minimum Gasteiger partial charge on any atom is -0.364 e. The molecule has 0 saturated carbocycles. The van der Waals surface area contributed by atoms with Crippen molar-refractivity contribution in [2.75, 3.05) is 0 Å². The Hall–Kier alpha value is -3.35. The minimum absolute atomic E-state index is 0.142. The van der Waals surface area contributed by atoms with Crippen LogP contribution < -0.4 is 0 Å². The summed E-state index contributed by atoms with van der Waals surface area (Å²) in [4.78, 5) is 4.48. The van der Waals surface area contributed by atoms with Gasteiger partial charge >= 0.3 is 0 Å². The fourth-order valence-electron chi connectivity index (χ4n) is 4.05. The maximum absolute atomic E-state index is 9.48. The molecule has 0 bridgehead atoms. The first-order chi connectivity index (χ1) is 14.5. The lowest BCUT2D eigenvalue weighted by Gasteiger charge is -2.12. The summed E-state index contributed by atoms with van der Waals surface area (Å²) >= 11 is 0. The van der Waals surface area contributed by atoms with E-state index < -0.39 is 12.6 Å². The summed E-state index contributed by atoms with van der Waals surface area (Å²) in [7, 11) is 0. The molecule has 5 rings (SSSR count). The highest BCUT2D eigenvalue weighted by Gasteiger charge is 2.12. The van der Waals surface area contributed by atoms with E-state index in [-0.39, 0.29) is 11.1 Å². The lowest BCUT2D eigenvalue weighted by molar-refractivity contribution is -0.0474. The molecule has 0 amide bonds. The van der Waals surface area contributed by atoms with Gasteiger partial charge in [0.1, 0.15) is 0 Å². The van der Waals surface area contributed by atoms with Crippen LogP contribution in [0.25, 0.3) is 32.3 Å². The SMILES string of the molecule is OC(O)c1cc(N=Cc2ccc3ccc4cccc5ccc2c3c45)cc(C(O)O)c1. The standard InChI is InChI=1S/C25H19NO4/c27-24(28)18-10-19(25(29)30)12-20(11-18)26-13-17-7-6-16-5-4-14-2-1-3-15-8-9-21(17)23(16)22(14)15/h1-13,24-25,27-30H. The Balaban J connectivity index is 1.66. The van der Waals surface area contributed by atoms with E-state index in [1.807, 2.05) is 6.07 Å². The van der Waals surface area contributed by atoms with Crippen molar-refractivity contribution < 1.29 is 20.4 Å². The number of aliphatic imine (C=N–C) groups is 1. The molecule has 30 heavy (non-hydrogen) atoms. The molecule has 0 fully saturated rings. The Labute approximate surface area is 172 Å². The first-order valence-electron chi connectivity index (χ1n) is 9.59. The normalized spacial score (nSPS) is 12.5. The molecule has 5 heteroatoms. The zero-order valence-corrected chi connectivity index (χ0v) is 15.9. The van der Waals surface area contributed by atoms with E-state index in [9.17, 15) is 20.4 Å². The third-order valence-corrected chi connectivity index (χ3v) is 5.47. The Morgan fingerprint density at radius 1 is 0.633 bits per heavy atom. The average Bonchev–Trinajstić information content (AvgIpc) is 2.76. The molecule has 4 N–H and O–H groups in total. The summed E-state index contributed by atoms with van der Waals surface area (Å²) < 4.78 is 0. The molecular formula is C25H19NO4. The van der Waals surface area contributed by atoms with Gasteiger partial charge in [-0.05, 0) is 50.5 Å². The van der Waals surface area contributed by atoms with Gasteiger partial charge in [-0.2, -0.15) is 0 Å².